The highest BCUT2D eigenvalue weighted by molar-refractivity contribution is 5.84. The van der Waals surface area contributed by atoms with Gasteiger partial charge in [-0.2, -0.15) is 5.10 Å². The fourth-order valence-electron chi connectivity index (χ4n) is 7.08. The average Bonchev–Trinajstić information content (AvgIpc) is 3.14. The molecular formula is C22H34N6O2. The van der Waals surface area contributed by atoms with Crippen molar-refractivity contribution in [2.75, 3.05) is 46.8 Å². The van der Waals surface area contributed by atoms with Crippen LogP contribution in [0.3, 0.4) is 0 Å². The highest BCUT2D eigenvalue weighted by Crippen LogP contribution is 2.64. The van der Waals surface area contributed by atoms with E-state index in [1.165, 1.54) is 6.42 Å². The molecule has 4 aliphatic carbocycles. The maximum absolute atomic E-state index is 13.9. The zero-order valence-electron chi connectivity index (χ0n) is 18.5. The number of aryl methyl sites for hydroxylation is 1. The first kappa shape index (κ1) is 20.0. The van der Waals surface area contributed by atoms with Gasteiger partial charge in [0.2, 0.25) is 11.8 Å². The van der Waals surface area contributed by atoms with E-state index in [2.05, 4.69) is 19.5 Å². The molecule has 0 aromatic carbocycles. The lowest BCUT2D eigenvalue weighted by molar-refractivity contribution is -0.168. The number of amides is 2. The molecule has 8 heteroatoms. The van der Waals surface area contributed by atoms with E-state index >= 15 is 0 Å². The molecule has 1 aliphatic heterocycles. The van der Waals surface area contributed by atoms with Gasteiger partial charge in [0.1, 0.15) is 12.2 Å². The number of likely N-dealkylation sites (N-methyl/N-ethyl adjacent to an activating group) is 1. The summed E-state index contributed by atoms with van der Waals surface area (Å²) in [5.74, 6) is 2.55. The molecule has 6 rings (SSSR count). The highest BCUT2D eigenvalue weighted by Gasteiger charge is 2.62. The Morgan fingerprint density at radius 1 is 1.10 bits per heavy atom. The SMILES string of the molecule is Cc1ncn(C23CC4CC(CC(C(=O)N5CCN(CC(=O)N(C)C)CC5)(C4)C2)C3)n1. The number of aromatic nitrogens is 3. The quantitative estimate of drug-likeness (QED) is 0.738. The third-order valence-electron chi connectivity index (χ3n) is 8.09. The molecule has 0 spiro atoms. The van der Waals surface area contributed by atoms with E-state index in [0.717, 1.165) is 64.1 Å². The Hall–Kier alpha value is -1.96. The number of hydrogen-bond donors (Lipinski definition) is 0. The highest BCUT2D eigenvalue weighted by atomic mass is 16.2. The third kappa shape index (κ3) is 3.24. The molecule has 2 unspecified atom stereocenters. The third-order valence-corrected chi connectivity index (χ3v) is 8.09. The number of carbonyl (C=O) groups excluding carboxylic acids is 2. The Bertz CT molecular complexity index is 826. The minimum Gasteiger partial charge on any atom is -0.348 e. The number of piperazine rings is 1. The molecule has 2 atom stereocenters. The molecule has 0 N–H and O–H groups in total. The van der Waals surface area contributed by atoms with Crippen LogP contribution in [-0.4, -0.2) is 88.1 Å². The summed E-state index contributed by atoms with van der Waals surface area (Å²) in [4.78, 5) is 36.2. The molecule has 5 fully saturated rings. The van der Waals surface area contributed by atoms with E-state index in [4.69, 9.17) is 5.10 Å². The summed E-state index contributed by atoms with van der Waals surface area (Å²) in [5, 5.41) is 4.69. The van der Waals surface area contributed by atoms with E-state index < -0.39 is 0 Å². The minimum atomic E-state index is -0.231. The second kappa shape index (κ2) is 7.04. The monoisotopic (exact) mass is 414 g/mol. The smallest absolute Gasteiger partial charge is 0.236 e. The zero-order chi connectivity index (χ0) is 21.1. The fourth-order valence-corrected chi connectivity index (χ4v) is 7.08. The van der Waals surface area contributed by atoms with Crippen LogP contribution in [-0.2, 0) is 15.1 Å². The van der Waals surface area contributed by atoms with Crippen molar-refractivity contribution in [2.24, 2.45) is 17.3 Å². The normalized spacial score (nSPS) is 35.6. The van der Waals surface area contributed by atoms with E-state index in [0.29, 0.717) is 24.3 Å². The minimum absolute atomic E-state index is 0.0268. The summed E-state index contributed by atoms with van der Waals surface area (Å²) in [5.41, 5.74) is -0.257. The fraction of sp³-hybridized carbons (Fsp3) is 0.818. The van der Waals surface area contributed by atoms with Gasteiger partial charge in [-0.1, -0.05) is 0 Å². The molecule has 5 aliphatic rings. The lowest BCUT2D eigenvalue weighted by Crippen LogP contribution is -2.63. The summed E-state index contributed by atoms with van der Waals surface area (Å²) in [6.07, 6.45) is 8.43. The van der Waals surface area contributed by atoms with Crippen LogP contribution in [0.2, 0.25) is 0 Å². The van der Waals surface area contributed by atoms with Gasteiger partial charge >= 0.3 is 0 Å². The lowest BCUT2D eigenvalue weighted by Gasteiger charge is -2.61. The molecule has 164 valence electrons. The lowest BCUT2D eigenvalue weighted by atomic mass is 9.46. The molecule has 4 saturated carbocycles. The number of hydrogen-bond acceptors (Lipinski definition) is 5. The van der Waals surface area contributed by atoms with Gasteiger partial charge in [-0.05, 0) is 57.3 Å². The molecule has 8 nitrogen and oxygen atoms in total. The second-order valence-electron chi connectivity index (χ2n) is 10.6. The second-order valence-corrected chi connectivity index (χ2v) is 10.6. The summed E-state index contributed by atoms with van der Waals surface area (Å²) in [6, 6.07) is 0. The Labute approximate surface area is 178 Å². The number of rotatable bonds is 4. The van der Waals surface area contributed by atoms with Crippen molar-refractivity contribution in [3.63, 3.8) is 0 Å². The topological polar surface area (TPSA) is 74.6 Å². The average molecular weight is 415 g/mol. The van der Waals surface area contributed by atoms with Gasteiger partial charge in [0.05, 0.1) is 17.5 Å². The summed E-state index contributed by atoms with van der Waals surface area (Å²) >= 11 is 0. The first-order valence-corrected chi connectivity index (χ1v) is 11.4. The van der Waals surface area contributed by atoms with Crippen molar-refractivity contribution >= 4 is 11.8 Å². The molecule has 0 radical (unpaired) electrons. The molecule has 1 aromatic heterocycles. The first-order chi connectivity index (χ1) is 14.3. The van der Waals surface area contributed by atoms with Crippen molar-refractivity contribution < 1.29 is 9.59 Å². The molecule has 1 saturated heterocycles. The molecule has 4 bridgehead atoms. The van der Waals surface area contributed by atoms with Crippen molar-refractivity contribution in [2.45, 2.75) is 51.0 Å². The Kier molecular flexibility index (Phi) is 4.69. The van der Waals surface area contributed by atoms with Gasteiger partial charge in [0, 0.05) is 40.3 Å². The Morgan fingerprint density at radius 3 is 2.33 bits per heavy atom. The number of carbonyl (C=O) groups is 2. The van der Waals surface area contributed by atoms with Crippen LogP contribution in [0.25, 0.3) is 0 Å². The predicted molar refractivity (Wildman–Crippen MR) is 112 cm³/mol. The first-order valence-electron chi connectivity index (χ1n) is 11.4. The van der Waals surface area contributed by atoms with Crippen LogP contribution in [0.4, 0.5) is 0 Å². The van der Waals surface area contributed by atoms with Gasteiger partial charge in [-0.25, -0.2) is 9.67 Å². The van der Waals surface area contributed by atoms with E-state index in [9.17, 15) is 9.59 Å². The van der Waals surface area contributed by atoms with Gasteiger partial charge in [-0.15, -0.1) is 0 Å². The van der Waals surface area contributed by atoms with Crippen LogP contribution in [0.15, 0.2) is 6.33 Å². The van der Waals surface area contributed by atoms with E-state index in [1.807, 2.05) is 13.3 Å². The van der Waals surface area contributed by atoms with Crippen LogP contribution in [0.5, 0.6) is 0 Å². The Balaban J connectivity index is 1.31. The van der Waals surface area contributed by atoms with Crippen LogP contribution in [0.1, 0.15) is 44.3 Å². The molecule has 30 heavy (non-hydrogen) atoms. The largest absolute Gasteiger partial charge is 0.348 e. The molecular weight excluding hydrogens is 380 g/mol. The van der Waals surface area contributed by atoms with E-state index in [1.54, 1.807) is 19.0 Å². The summed E-state index contributed by atoms with van der Waals surface area (Å²) in [7, 11) is 3.59. The summed E-state index contributed by atoms with van der Waals surface area (Å²) < 4.78 is 2.10. The predicted octanol–water partition coefficient (Wildman–Crippen LogP) is 1.11. The molecule has 2 heterocycles. The van der Waals surface area contributed by atoms with E-state index in [-0.39, 0.29) is 16.9 Å². The van der Waals surface area contributed by atoms with Crippen molar-refractivity contribution in [3.8, 4) is 0 Å². The maximum Gasteiger partial charge on any atom is 0.236 e. The van der Waals surface area contributed by atoms with Crippen LogP contribution < -0.4 is 0 Å². The van der Waals surface area contributed by atoms with Gasteiger partial charge in [-0.3, -0.25) is 14.5 Å². The van der Waals surface area contributed by atoms with Gasteiger partial charge < -0.3 is 9.80 Å². The van der Waals surface area contributed by atoms with Crippen molar-refractivity contribution in [3.05, 3.63) is 12.2 Å². The van der Waals surface area contributed by atoms with Gasteiger partial charge in [0.25, 0.3) is 0 Å². The van der Waals surface area contributed by atoms with Crippen molar-refractivity contribution in [1.29, 1.82) is 0 Å². The standard InChI is InChI=1S/C22H34N6O2/c1-16-23-15-28(24-16)22-11-17-8-18(12-22)10-21(9-17,14-22)20(30)27-6-4-26(5-7-27)13-19(29)25(2)3/h15,17-18H,4-14H2,1-3H3. The Morgan fingerprint density at radius 2 is 1.77 bits per heavy atom. The molecule has 1 aromatic rings. The van der Waals surface area contributed by atoms with Crippen LogP contribution >= 0.6 is 0 Å². The summed E-state index contributed by atoms with van der Waals surface area (Å²) in [6.45, 7) is 5.40. The maximum atomic E-state index is 13.9. The zero-order valence-corrected chi connectivity index (χ0v) is 18.5. The van der Waals surface area contributed by atoms with Gasteiger partial charge in [0.15, 0.2) is 0 Å². The van der Waals surface area contributed by atoms with Crippen LogP contribution in [0, 0.1) is 24.2 Å². The number of nitrogens with zero attached hydrogens (tertiary/aromatic N) is 6. The molecule has 2 amide bonds. The van der Waals surface area contributed by atoms with Crippen molar-refractivity contribution in [1.82, 2.24) is 29.5 Å².